The molecule has 3 N–H and O–H groups in total. The molecule has 1 aliphatic rings. The number of hydrogen-bond acceptors (Lipinski definition) is 3. The number of rotatable bonds is 3. The molecule has 1 aromatic rings. The zero-order chi connectivity index (χ0) is 9.10. The van der Waals surface area contributed by atoms with Crippen LogP contribution in [-0.2, 0) is 19.4 Å². The van der Waals surface area contributed by atoms with Crippen LogP contribution in [0, 0.1) is 0 Å². The SMILES string of the molecule is OCCCc1nc2c([nH]1)CNCC2. The van der Waals surface area contributed by atoms with Crippen molar-refractivity contribution in [3.8, 4) is 0 Å². The second kappa shape index (κ2) is 3.89. The summed E-state index contributed by atoms with van der Waals surface area (Å²) in [5.74, 6) is 1.02. The summed E-state index contributed by atoms with van der Waals surface area (Å²) in [4.78, 5) is 7.77. The second-order valence-electron chi connectivity index (χ2n) is 3.36. The van der Waals surface area contributed by atoms with Gasteiger partial charge in [0.15, 0.2) is 0 Å². The zero-order valence-corrected chi connectivity index (χ0v) is 7.64. The van der Waals surface area contributed by atoms with Gasteiger partial charge in [-0.2, -0.15) is 0 Å². The number of aliphatic hydroxyl groups excluding tert-OH is 1. The van der Waals surface area contributed by atoms with Crippen LogP contribution < -0.4 is 5.32 Å². The summed E-state index contributed by atoms with van der Waals surface area (Å²) in [6.07, 6.45) is 2.66. The molecule has 0 amide bonds. The standard InChI is InChI=1S/C9H15N3O/c13-5-1-2-9-11-7-3-4-10-6-8(7)12-9/h10,13H,1-6H2,(H,11,12). The highest BCUT2D eigenvalue weighted by Crippen LogP contribution is 2.11. The van der Waals surface area contributed by atoms with Crippen molar-refractivity contribution < 1.29 is 5.11 Å². The van der Waals surface area contributed by atoms with Crippen LogP contribution in [0.5, 0.6) is 0 Å². The van der Waals surface area contributed by atoms with E-state index < -0.39 is 0 Å². The smallest absolute Gasteiger partial charge is 0.106 e. The maximum absolute atomic E-state index is 8.68. The van der Waals surface area contributed by atoms with Crippen LogP contribution in [0.4, 0.5) is 0 Å². The lowest BCUT2D eigenvalue weighted by Gasteiger charge is -2.09. The summed E-state index contributed by atoms with van der Waals surface area (Å²) in [6.45, 7) is 2.17. The minimum atomic E-state index is 0.240. The summed E-state index contributed by atoms with van der Waals surface area (Å²) in [5, 5.41) is 12.0. The van der Waals surface area contributed by atoms with Crippen molar-refractivity contribution in [2.24, 2.45) is 0 Å². The first-order valence-electron chi connectivity index (χ1n) is 4.78. The predicted octanol–water partition coefficient (Wildman–Crippen LogP) is -0.0197. The largest absolute Gasteiger partial charge is 0.396 e. The number of aryl methyl sites for hydroxylation is 1. The lowest BCUT2D eigenvalue weighted by atomic mass is 10.2. The molecule has 0 bridgehead atoms. The summed E-state index contributed by atoms with van der Waals surface area (Å²) in [6, 6.07) is 0. The van der Waals surface area contributed by atoms with Crippen molar-refractivity contribution in [2.45, 2.75) is 25.8 Å². The number of H-pyrrole nitrogens is 1. The van der Waals surface area contributed by atoms with Gasteiger partial charge in [0.2, 0.25) is 0 Å². The second-order valence-corrected chi connectivity index (χ2v) is 3.36. The van der Waals surface area contributed by atoms with Crippen molar-refractivity contribution in [1.82, 2.24) is 15.3 Å². The number of aromatic nitrogens is 2. The number of hydrogen-bond donors (Lipinski definition) is 3. The molecule has 0 saturated heterocycles. The first-order valence-corrected chi connectivity index (χ1v) is 4.78. The molecular formula is C9H15N3O. The summed E-state index contributed by atoms with van der Waals surface area (Å²) in [5.41, 5.74) is 2.42. The van der Waals surface area contributed by atoms with Crippen molar-refractivity contribution in [3.63, 3.8) is 0 Å². The van der Waals surface area contributed by atoms with Crippen LogP contribution in [0.2, 0.25) is 0 Å². The van der Waals surface area contributed by atoms with Crippen LogP contribution in [0.3, 0.4) is 0 Å². The molecule has 4 heteroatoms. The fourth-order valence-electron chi connectivity index (χ4n) is 1.64. The van der Waals surface area contributed by atoms with Gasteiger partial charge in [-0.3, -0.25) is 0 Å². The van der Waals surface area contributed by atoms with E-state index in [9.17, 15) is 0 Å². The van der Waals surface area contributed by atoms with E-state index in [2.05, 4.69) is 15.3 Å². The van der Waals surface area contributed by atoms with E-state index >= 15 is 0 Å². The van der Waals surface area contributed by atoms with Gasteiger partial charge in [-0.05, 0) is 6.42 Å². The summed E-state index contributed by atoms with van der Waals surface area (Å²) in [7, 11) is 0. The minimum absolute atomic E-state index is 0.240. The lowest BCUT2D eigenvalue weighted by Crippen LogP contribution is -2.23. The van der Waals surface area contributed by atoms with Gasteiger partial charge in [0, 0.05) is 32.5 Å². The number of aromatic amines is 1. The quantitative estimate of drug-likeness (QED) is 0.614. The Kier molecular flexibility index (Phi) is 2.61. The third kappa shape index (κ3) is 1.89. The Morgan fingerprint density at radius 2 is 2.38 bits per heavy atom. The number of nitrogens with one attached hydrogen (secondary N) is 2. The normalized spacial score (nSPS) is 15.8. The fourth-order valence-corrected chi connectivity index (χ4v) is 1.64. The Morgan fingerprint density at radius 1 is 1.46 bits per heavy atom. The summed E-state index contributed by atoms with van der Waals surface area (Å²) >= 11 is 0. The third-order valence-corrected chi connectivity index (χ3v) is 2.33. The third-order valence-electron chi connectivity index (χ3n) is 2.33. The van der Waals surface area contributed by atoms with Crippen molar-refractivity contribution in [3.05, 3.63) is 17.2 Å². The average molecular weight is 181 g/mol. The Bertz CT molecular complexity index is 259. The highest BCUT2D eigenvalue weighted by atomic mass is 16.2. The van der Waals surface area contributed by atoms with E-state index in [1.807, 2.05) is 0 Å². The van der Waals surface area contributed by atoms with Crippen molar-refractivity contribution in [2.75, 3.05) is 13.2 Å². The summed E-state index contributed by atoms with van der Waals surface area (Å²) < 4.78 is 0. The van der Waals surface area contributed by atoms with E-state index in [1.165, 1.54) is 11.4 Å². The van der Waals surface area contributed by atoms with Gasteiger partial charge >= 0.3 is 0 Å². The zero-order valence-electron chi connectivity index (χ0n) is 7.64. The molecule has 0 fully saturated rings. The molecule has 1 aliphatic heterocycles. The molecule has 1 aromatic heterocycles. The first-order chi connectivity index (χ1) is 6.40. The van der Waals surface area contributed by atoms with E-state index in [1.54, 1.807) is 0 Å². The van der Waals surface area contributed by atoms with Gasteiger partial charge in [-0.25, -0.2) is 4.98 Å². The van der Waals surface area contributed by atoms with Gasteiger partial charge in [-0.15, -0.1) is 0 Å². The maximum atomic E-state index is 8.68. The van der Waals surface area contributed by atoms with Crippen molar-refractivity contribution >= 4 is 0 Å². The molecule has 72 valence electrons. The van der Waals surface area contributed by atoms with E-state index in [4.69, 9.17) is 5.11 Å². The Labute approximate surface area is 77.4 Å². The average Bonchev–Trinajstić information content (AvgIpc) is 2.57. The minimum Gasteiger partial charge on any atom is -0.396 e. The first kappa shape index (κ1) is 8.72. The van der Waals surface area contributed by atoms with Gasteiger partial charge in [0.1, 0.15) is 5.82 Å². The topological polar surface area (TPSA) is 60.9 Å². The molecule has 0 unspecified atom stereocenters. The molecule has 0 atom stereocenters. The van der Waals surface area contributed by atoms with Gasteiger partial charge in [-0.1, -0.05) is 0 Å². The molecule has 4 nitrogen and oxygen atoms in total. The molecule has 0 saturated carbocycles. The van der Waals surface area contributed by atoms with Crippen molar-refractivity contribution in [1.29, 1.82) is 0 Å². The highest BCUT2D eigenvalue weighted by molar-refractivity contribution is 5.17. The van der Waals surface area contributed by atoms with Gasteiger partial charge < -0.3 is 15.4 Å². The molecule has 0 spiro atoms. The molecule has 0 radical (unpaired) electrons. The van der Waals surface area contributed by atoms with Gasteiger partial charge in [0.25, 0.3) is 0 Å². The number of nitrogens with zero attached hydrogens (tertiary/aromatic N) is 1. The molecule has 0 aromatic carbocycles. The molecule has 2 heterocycles. The lowest BCUT2D eigenvalue weighted by molar-refractivity contribution is 0.287. The molecular weight excluding hydrogens is 166 g/mol. The number of aliphatic hydroxyl groups is 1. The van der Waals surface area contributed by atoms with Crippen LogP contribution in [0.25, 0.3) is 0 Å². The van der Waals surface area contributed by atoms with E-state index in [0.717, 1.165) is 38.2 Å². The monoisotopic (exact) mass is 181 g/mol. The number of imidazole rings is 1. The Morgan fingerprint density at radius 3 is 3.15 bits per heavy atom. The van der Waals surface area contributed by atoms with Gasteiger partial charge in [0.05, 0.1) is 11.4 Å². The Balaban J connectivity index is 2.07. The molecule has 0 aliphatic carbocycles. The fraction of sp³-hybridized carbons (Fsp3) is 0.667. The van der Waals surface area contributed by atoms with Crippen LogP contribution in [-0.4, -0.2) is 28.2 Å². The van der Waals surface area contributed by atoms with E-state index in [0.29, 0.717) is 0 Å². The Hall–Kier alpha value is -0.870. The highest BCUT2D eigenvalue weighted by Gasteiger charge is 2.12. The predicted molar refractivity (Wildman–Crippen MR) is 49.4 cm³/mol. The van der Waals surface area contributed by atoms with E-state index in [-0.39, 0.29) is 6.61 Å². The molecule has 13 heavy (non-hydrogen) atoms. The molecule has 2 rings (SSSR count). The van der Waals surface area contributed by atoms with Crippen LogP contribution >= 0.6 is 0 Å². The van der Waals surface area contributed by atoms with Crippen LogP contribution in [0.15, 0.2) is 0 Å². The van der Waals surface area contributed by atoms with Crippen LogP contribution in [0.1, 0.15) is 23.6 Å². The number of fused-ring (bicyclic) bond motifs is 1. The maximum Gasteiger partial charge on any atom is 0.106 e.